The van der Waals surface area contributed by atoms with Crippen molar-refractivity contribution in [2.24, 2.45) is 0 Å². The molecule has 0 aromatic rings. The third kappa shape index (κ3) is 3.28. The highest BCUT2D eigenvalue weighted by Crippen LogP contribution is 2.20. The minimum Gasteiger partial charge on any atom is -0.301 e. The molecule has 0 unspecified atom stereocenters. The van der Waals surface area contributed by atoms with Crippen LogP contribution in [0.3, 0.4) is 0 Å². The van der Waals surface area contributed by atoms with E-state index in [0.29, 0.717) is 5.16 Å². The van der Waals surface area contributed by atoms with E-state index in [1.165, 1.54) is 32.0 Å². The van der Waals surface area contributed by atoms with Crippen molar-refractivity contribution in [3.05, 3.63) is 12.2 Å². The topological polar surface area (TPSA) is 3.24 Å². The SMILES string of the molecule is C/C=C/C[SiH2]C(C)(C)N1CCCC1. The maximum absolute atomic E-state index is 2.70. The monoisotopic (exact) mass is 197 g/mol. The Morgan fingerprint density at radius 1 is 1.31 bits per heavy atom. The molecule has 76 valence electrons. The molecule has 2 heteroatoms. The first-order valence-electron chi connectivity index (χ1n) is 5.53. The molecule has 0 aromatic carbocycles. The lowest BCUT2D eigenvalue weighted by Gasteiger charge is -2.35. The molecule has 0 radical (unpaired) electrons. The minimum atomic E-state index is 0.0379. The van der Waals surface area contributed by atoms with Crippen LogP contribution in [0.4, 0.5) is 0 Å². The van der Waals surface area contributed by atoms with Crippen molar-refractivity contribution < 1.29 is 0 Å². The van der Waals surface area contributed by atoms with Crippen molar-refractivity contribution >= 4 is 9.52 Å². The lowest BCUT2D eigenvalue weighted by Crippen LogP contribution is -2.46. The quantitative estimate of drug-likeness (QED) is 0.492. The summed E-state index contributed by atoms with van der Waals surface area (Å²) in [6, 6.07) is 1.36. The second-order valence-electron chi connectivity index (χ2n) is 4.61. The molecule has 1 nitrogen and oxygen atoms in total. The molecule has 0 saturated carbocycles. The Hall–Kier alpha value is -0.0831. The first-order chi connectivity index (χ1) is 6.17. The van der Waals surface area contributed by atoms with Gasteiger partial charge in [-0.3, -0.25) is 0 Å². The Balaban J connectivity index is 2.34. The van der Waals surface area contributed by atoms with Gasteiger partial charge in [-0.25, -0.2) is 0 Å². The highest BCUT2D eigenvalue weighted by molar-refractivity contribution is 6.40. The molecule has 0 spiro atoms. The number of hydrogen-bond donors (Lipinski definition) is 0. The summed E-state index contributed by atoms with van der Waals surface area (Å²) in [5.74, 6) is 0. The zero-order chi connectivity index (χ0) is 9.73. The lowest BCUT2D eigenvalue weighted by molar-refractivity contribution is 0.233. The molecule has 0 N–H and O–H groups in total. The fourth-order valence-electron chi connectivity index (χ4n) is 2.08. The van der Waals surface area contributed by atoms with E-state index < -0.39 is 0 Å². The normalized spacial score (nSPS) is 21.2. The van der Waals surface area contributed by atoms with Crippen LogP contribution in [-0.4, -0.2) is 32.7 Å². The molecule has 1 aliphatic rings. The summed E-state index contributed by atoms with van der Waals surface area (Å²) in [4.78, 5) is 2.70. The summed E-state index contributed by atoms with van der Waals surface area (Å²) in [7, 11) is 0.0379. The smallest absolute Gasteiger partial charge is 0.0478 e. The number of nitrogens with zero attached hydrogens (tertiary/aromatic N) is 1. The Kier molecular flexibility index (Phi) is 4.20. The molecule has 0 aromatic heterocycles. The predicted molar refractivity (Wildman–Crippen MR) is 63.1 cm³/mol. The van der Waals surface area contributed by atoms with Crippen LogP contribution in [0.25, 0.3) is 0 Å². The zero-order valence-corrected chi connectivity index (χ0v) is 10.8. The molecule has 1 fully saturated rings. The summed E-state index contributed by atoms with van der Waals surface area (Å²) in [6.45, 7) is 9.69. The van der Waals surface area contributed by atoms with Crippen molar-refractivity contribution in [1.29, 1.82) is 0 Å². The highest BCUT2D eigenvalue weighted by atomic mass is 28.2. The van der Waals surface area contributed by atoms with Crippen LogP contribution in [0, 0.1) is 0 Å². The van der Waals surface area contributed by atoms with Crippen LogP contribution in [0.1, 0.15) is 33.6 Å². The van der Waals surface area contributed by atoms with E-state index in [1.807, 2.05) is 0 Å². The molecule has 0 bridgehead atoms. The molecule has 0 amide bonds. The van der Waals surface area contributed by atoms with E-state index in [4.69, 9.17) is 0 Å². The van der Waals surface area contributed by atoms with Gasteiger partial charge in [0.2, 0.25) is 0 Å². The average Bonchev–Trinajstić information content (AvgIpc) is 2.56. The molecule has 0 atom stereocenters. The van der Waals surface area contributed by atoms with Crippen LogP contribution in [0.15, 0.2) is 12.2 Å². The van der Waals surface area contributed by atoms with E-state index in [0.717, 1.165) is 0 Å². The van der Waals surface area contributed by atoms with Gasteiger partial charge in [0.05, 0.1) is 0 Å². The van der Waals surface area contributed by atoms with E-state index in [9.17, 15) is 0 Å². The van der Waals surface area contributed by atoms with Crippen LogP contribution in [0.5, 0.6) is 0 Å². The molecule has 0 aliphatic carbocycles. The summed E-state index contributed by atoms with van der Waals surface area (Å²) in [6.07, 6.45) is 7.36. The fraction of sp³-hybridized carbons (Fsp3) is 0.818. The molecule has 13 heavy (non-hydrogen) atoms. The van der Waals surface area contributed by atoms with Gasteiger partial charge in [0.25, 0.3) is 0 Å². The molecular formula is C11H23NSi. The van der Waals surface area contributed by atoms with Gasteiger partial charge in [-0.15, -0.1) is 0 Å². The van der Waals surface area contributed by atoms with Gasteiger partial charge < -0.3 is 4.90 Å². The van der Waals surface area contributed by atoms with Crippen molar-refractivity contribution in [1.82, 2.24) is 4.90 Å². The van der Waals surface area contributed by atoms with Crippen LogP contribution in [0.2, 0.25) is 6.04 Å². The third-order valence-electron chi connectivity index (χ3n) is 3.12. The van der Waals surface area contributed by atoms with Crippen LogP contribution >= 0.6 is 0 Å². The molecular weight excluding hydrogens is 174 g/mol. The minimum absolute atomic E-state index is 0.0379. The van der Waals surface area contributed by atoms with E-state index in [1.54, 1.807) is 0 Å². The fourth-order valence-corrected chi connectivity index (χ4v) is 3.92. The summed E-state index contributed by atoms with van der Waals surface area (Å²) in [5.41, 5.74) is 0. The number of rotatable bonds is 4. The van der Waals surface area contributed by atoms with Crippen LogP contribution in [-0.2, 0) is 0 Å². The van der Waals surface area contributed by atoms with Crippen LogP contribution < -0.4 is 0 Å². The molecule has 1 aliphatic heterocycles. The highest BCUT2D eigenvalue weighted by Gasteiger charge is 2.27. The maximum atomic E-state index is 2.70. The Morgan fingerprint density at radius 3 is 2.46 bits per heavy atom. The summed E-state index contributed by atoms with van der Waals surface area (Å²) >= 11 is 0. The number of likely N-dealkylation sites (tertiary alicyclic amines) is 1. The van der Waals surface area contributed by atoms with E-state index in [-0.39, 0.29) is 9.52 Å². The van der Waals surface area contributed by atoms with Gasteiger partial charge in [0, 0.05) is 14.7 Å². The standard InChI is InChI=1S/C11H23NSi/c1-4-5-10-13-11(2,3)12-8-6-7-9-12/h4-5H,6-10,13H2,1-3H3/b5-4+. The van der Waals surface area contributed by atoms with E-state index in [2.05, 4.69) is 37.8 Å². The predicted octanol–water partition coefficient (Wildman–Crippen LogP) is 1.98. The Morgan fingerprint density at radius 2 is 1.92 bits per heavy atom. The maximum Gasteiger partial charge on any atom is 0.0478 e. The van der Waals surface area contributed by atoms with Gasteiger partial charge in [0.1, 0.15) is 0 Å². The second kappa shape index (κ2) is 4.96. The molecule has 1 saturated heterocycles. The average molecular weight is 197 g/mol. The van der Waals surface area contributed by atoms with Gasteiger partial charge in [-0.05, 0) is 38.9 Å². The van der Waals surface area contributed by atoms with Crippen molar-refractivity contribution in [2.45, 2.75) is 44.8 Å². The first kappa shape index (κ1) is 11.0. The van der Waals surface area contributed by atoms with Gasteiger partial charge >= 0.3 is 0 Å². The summed E-state index contributed by atoms with van der Waals surface area (Å²) in [5, 5.41) is 0.552. The number of allylic oxidation sites excluding steroid dienone is 2. The van der Waals surface area contributed by atoms with Gasteiger partial charge in [-0.1, -0.05) is 26.0 Å². The Bertz CT molecular complexity index is 169. The molecule has 1 rings (SSSR count). The van der Waals surface area contributed by atoms with Crippen molar-refractivity contribution in [3.63, 3.8) is 0 Å². The largest absolute Gasteiger partial charge is 0.301 e. The first-order valence-corrected chi connectivity index (χ1v) is 7.24. The lowest BCUT2D eigenvalue weighted by atomic mass is 10.3. The Labute approximate surface area is 85.0 Å². The van der Waals surface area contributed by atoms with Crippen molar-refractivity contribution in [2.75, 3.05) is 13.1 Å². The van der Waals surface area contributed by atoms with Crippen molar-refractivity contribution in [3.8, 4) is 0 Å². The second-order valence-corrected chi connectivity index (χ2v) is 7.42. The zero-order valence-electron chi connectivity index (χ0n) is 9.34. The number of hydrogen-bond acceptors (Lipinski definition) is 1. The third-order valence-corrected chi connectivity index (χ3v) is 5.41. The van der Waals surface area contributed by atoms with Gasteiger partial charge in [0.15, 0.2) is 0 Å². The van der Waals surface area contributed by atoms with Gasteiger partial charge in [-0.2, -0.15) is 0 Å². The molecule has 1 heterocycles. The summed E-state index contributed by atoms with van der Waals surface area (Å²) < 4.78 is 0. The van der Waals surface area contributed by atoms with E-state index >= 15 is 0 Å².